The van der Waals surface area contributed by atoms with Gasteiger partial charge in [0.15, 0.2) is 5.17 Å². The van der Waals surface area contributed by atoms with E-state index in [1.165, 1.54) is 11.8 Å². The topological polar surface area (TPSA) is 68.9 Å². The number of amidine groups is 1. The summed E-state index contributed by atoms with van der Waals surface area (Å²) in [4.78, 5) is 20.0. The van der Waals surface area contributed by atoms with E-state index in [-0.39, 0.29) is 24.2 Å². The molecule has 0 saturated carbocycles. The van der Waals surface area contributed by atoms with Crippen molar-refractivity contribution in [2.75, 3.05) is 13.1 Å². The molecular weight excluding hydrogens is 472 g/mol. The average Bonchev–Trinajstić information content (AvgIpc) is 3.43. The van der Waals surface area contributed by atoms with Gasteiger partial charge < -0.3 is 14.4 Å². The zero-order valence-corrected chi connectivity index (χ0v) is 21.7. The summed E-state index contributed by atoms with van der Waals surface area (Å²) in [7, 11) is 0. The third-order valence-electron chi connectivity index (χ3n) is 5.85. The molecule has 1 aromatic heterocycles. The van der Waals surface area contributed by atoms with Crippen molar-refractivity contribution in [1.29, 1.82) is 0 Å². The number of rotatable bonds is 5. The van der Waals surface area contributed by atoms with E-state index in [4.69, 9.17) is 14.6 Å². The van der Waals surface area contributed by atoms with Crippen LogP contribution in [-0.2, 0) is 9.53 Å². The zero-order chi connectivity index (χ0) is 25.2. The van der Waals surface area contributed by atoms with Crippen molar-refractivity contribution >= 4 is 28.9 Å². The van der Waals surface area contributed by atoms with Gasteiger partial charge in [-0.2, -0.15) is 10.1 Å². The summed E-state index contributed by atoms with van der Waals surface area (Å²) in [6.45, 7) is 9.54. The van der Waals surface area contributed by atoms with Gasteiger partial charge in [0.25, 0.3) is 5.91 Å². The lowest BCUT2D eigenvalue weighted by molar-refractivity contribution is -0.113. The third-order valence-corrected chi connectivity index (χ3v) is 6.89. The molecule has 0 bridgehead atoms. The van der Waals surface area contributed by atoms with E-state index in [1.54, 1.807) is 0 Å². The van der Waals surface area contributed by atoms with E-state index >= 15 is 0 Å². The molecule has 36 heavy (non-hydrogen) atoms. The summed E-state index contributed by atoms with van der Waals surface area (Å²) in [5.74, 6) is 0.588. The number of para-hydroxylation sites is 1. The second-order valence-electron chi connectivity index (χ2n) is 9.38. The lowest BCUT2D eigenvalue weighted by Crippen LogP contribution is -2.47. The van der Waals surface area contributed by atoms with Gasteiger partial charge >= 0.3 is 0 Å². The number of aromatic nitrogens is 2. The minimum Gasteiger partial charge on any atom is -0.491 e. The minimum atomic E-state index is -0.221. The van der Waals surface area contributed by atoms with Gasteiger partial charge in [0.1, 0.15) is 5.75 Å². The van der Waals surface area contributed by atoms with E-state index < -0.39 is 0 Å². The fourth-order valence-electron chi connectivity index (χ4n) is 4.40. The number of hydrogen-bond donors (Lipinski definition) is 0. The Hall–Kier alpha value is -3.36. The van der Waals surface area contributed by atoms with Gasteiger partial charge in [-0.1, -0.05) is 18.2 Å². The standard InChI is InChI=1S/C28H30N4O3S/c1-18(2)34-24-12-10-21(11-13-24)26-22(17-32(30-26)23-8-6-5-7-9-23)14-25-27(33)29-28(36-25)31-15-19(3)35-20(4)16-31/h5-14,17-20H,15-16H2,1-4H3/b25-14+/t19-,20+. The highest BCUT2D eigenvalue weighted by Gasteiger charge is 2.31. The molecule has 0 unspecified atom stereocenters. The second-order valence-corrected chi connectivity index (χ2v) is 10.4. The summed E-state index contributed by atoms with van der Waals surface area (Å²) >= 11 is 1.42. The van der Waals surface area contributed by atoms with E-state index in [0.717, 1.165) is 46.5 Å². The lowest BCUT2D eigenvalue weighted by Gasteiger charge is -2.35. The first kappa shape index (κ1) is 24.3. The number of hydrogen-bond acceptors (Lipinski definition) is 6. The molecule has 186 valence electrons. The van der Waals surface area contributed by atoms with Crippen molar-refractivity contribution in [2.24, 2.45) is 4.99 Å². The van der Waals surface area contributed by atoms with Crippen LogP contribution in [0.4, 0.5) is 0 Å². The summed E-state index contributed by atoms with van der Waals surface area (Å²) in [5, 5.41) is 5.62. The molecule has 2 aliphatic heterocycles. The number of morpholine rings is 1. The first-order chi connectivity index (χ1) is 17.4. The predicted molar refractivity (Wildman–Crippen MR) is 144 cm³/mol. The highest BCUT2D eigenvalue weighted by molar-refractivity contribution is 8.18. The number of thioether (sulfide) groups is 1. The largest absolute Gasteiger partial charge is 0.491 e. The van der Waals surface area contributed by atoms with Gasteiger partial charge in [0.05, 0.1) is 34.6 Å². The van der Waals surface area contributed by atoms with Crippen LogP contribution in [0.15, 0.2) is 70.7 Å². The molecule has 0 radical (unpaired) electrons. The Kier molecular flexibility index (Phi) is 6.98. The molecule has 1 saturated heterocycles. The highest BCUT2D eigenvalue weighted by atomic mass is 32.2. The van der Waals surface area contributed by atoms with Gasteiger partial charge in [0, 0.05) is 30.4 Å². The Labute approximate surface area is 215 Å². The van der Waals surface area contributed by atoms with E-state index in [0.29, 0.717) is 4.91 Å². The normalized spacial score (nSPS) is 21.4. The summed E-state index contributed by atoms with van der Waals surface area (Å²) in [5.41, 5.74) is 3.53. The quantitative estimate of drug-likeness (QED) is 0.435. The summed E-state index contributed by atoms with van der Waals surface area (Å²) < 4.78 is 13.5. The molecule has 0 aliphatic carbocycles. The SMILES string of the molecule is CC(C)Oc1ccc(-c2nn(-c3ccccc3)cc2/C=C2/SC(N3C[C@@H](C)O[C@@H](C)C3)=NC2=O)cc1. The first-order valence-electron chi connectivity index (χ1n) is 12.2. The number of carbonyl (C=O) groups is 1. The van der Waals surface area contributed by atoms with Crippen LogP contribution >= 0.6 is 11.8 Å². The molecule has 0 N–H and O–H groups in total. The van der Waals surface area contributed by atoms with Crippen LogP contribution in [0, 0.1) is 0 Å². The van der Waals surface area contributed by atoms with Gasteiger partial charge in [-0.25, -0.2) is 4.68 Å². The van der Waals surface area contributed by atoms with Gasteiger partial charge in [0.2, 0.25) is 0 Å². The fourth-order valence-corrected chi connectivity index (χ4v) is 5.32. The number of ether oxygens (including phenoxy) is 2. The first-order valence-corrected chi connectivity index (χ1v) is 13.0. The molecule has 2 atom stereocenters. The Morgan fingerprint density at radius 3 is 2.42 bits per heavy atom. The fraction of sp³-hybridized carbons (Fsp3) is 0.321. The molecule has 1 fully saturated rings. The van der Waals surface area contributed by atoms with Crippen molar-refractivity contribution in [1.82, 2.24) is 14.7 Å². The molecule has 3 heterocycles. The monoisotopic (exact) mass is 502 g/mol. The van der Waals surface area contributed by atoms with E-state index in [9.17, 15) is 4.79 Å². The molecule has 2 aliphatic rings. The van der Waals surface area contributed by atoms with Crippen LogP contribution in [0.5, 0.6) is 5.75 Å². The number of amides is 1. The maximum atomic E-state index is 12.9. The molecule has 8 heteroatoms. The smallest absolute Gasteiger partial charge is 0.286 e. The van der Waals surface area contributed by atoms with E-state index in [1.807, 2.05) is 99.2 Å². The van der Waals surface area contributed by atoms with Crippen molar-refractivity contribution in [2.45, 2.75) is 46.0 Å². The van der Waals surface area contributed by atoms with Crippen LogP contribution in [0.25, 0.3) is 23.0 Å². The molecule has 2 aromatic carbocycles. The van der Waals surface area contributed by atoms with Crippen LogP contribution in [0.2, 0.25) is 0 Å². The second kappa shape index (κ2) is 10.3. The Morgan fingerprint density at radius 2 is 1.75 bits per heavy atom. The van der Waals surface area contributed by atoms with Gasteiger partial charge in [-0.3, -0.25) is 4.79 Å². The number of aliphatic imine (C=N–C) groups is 1. The molecule has 3 aromatic rings. The van der Waals surface area contributed by atoms with Crippen molar-refractivity contribution in [3.63, 3.8) is 0 Å². The van der Waals surface area contributed by atoms with Crippen molar-refractivity contribution in [3.05, 3.63) is 71.3 Å². The van der Waals surface area contributed by atoms with Crippen LogP contribution in [0.3, 0.4) is 0 Å². The molecule has 1 amide bonds. The molecular formula is C28H30N4O3S. The van der Waals surface area contributed by atoms with Crippen LogP contribution in [0.1, 0.15) is 33.3 Å². The molecule has 7 nitrogen and oxygen atoms in total. The van der Waals surface area contributed by atoms with Crippen LogP contribution in [-0.4, -0.2) is 57.2 Å². The zero-order valence-electron chi connectivity index (χ0n) is 20.9. The summed E-state index contributed by atoms with van der Waals surface area (Å²) in [6, 6.07) is 17.8. The van der Waals surface area contributed by atoms with E-state index in [2.05, 4.69) is 9.89 Å². The number of nitrogens with zero attached hydrogens (tertiary/aromatic N) is 4. The maximum Gasteiger partial charge on any atom is 0.286 e. The van der Waals surface area contributed by atoms with Crippen molar-refractivity contribution in [3.8, 4) is 22.7 Å². The molecule has 0 spiro atoms. The Balaban J connectivity index is 1.47. The highest BCUT2D eigenvalue weighted by Crippen LogP contribution is 2.34. The number of benzene rings is 2. The van der Waals surface area contributed by atoms with Crippen LogP contribution < -0.4 is 4.74 Å². The predicted octanol–water partition coefficient (Wildman–Crippen LogP) is 5.41. The lowest BCUT2D eigenvalue weighted by atomic mass is 10.1. The van der Waals surface area contributed by atoms with Gasteiger partial charge in [-0.05, 0) is 81.9 Å². The summed E-state index contributed by atoms with van der Waals surface area (Å²) in [6.07, 6.45) is 4.15. The Bertz CT molecular complexity index is 1290. The van der Waals surface area contributed by atoms with Crippen molar-refractivity contribution < 1.29 is 14.3 Å². The molecule has 5 rings (SSSR count). The van der Waals surface area contributed by atoms with Gasteiger partial charge in [-0.15, -0.1) is 0 Å². The number of carbonyl (C=O) groups excluding carboxylic acids is 1. The third kappa shape index (κ3) is 5.39. The maximum absolute atomic E-state index is 12.9. The minimum absolute atomic E-state index is 0.0959. The average molecular weight is 503 g/mol. The Morgan fingerprint density at radius 1 is 1.06 bits per heavy atom.